The molecule has 4 nitrogen and oxygen atoms in total. The highest BCUT2D eigenvalue weighted by atomic mass is 32.2. The number of thioether (sulfide) groups is 1. The van der Waals surface area contributed by atoms with Crippen LogP contribution < -0.4 is 0 Å². The summed E-state index contributed by atoms with van der Waals surface area (Å²) in [5.41, 5.74) is 1.67. The number of rotatable bonds is 3. The highest BCUT2D eigenvalue weighted by Gasteiger charge is 2.30. The first-order valence-electron chi connectivity index (χ1n) is 7.52. The largest absolute Gasteiger partial charge is 0.330 e. The van der Waals surface area contributed by atoms with Crippen LogP contribution in [0.5, 0.6) is 0 Å². The van der Waals surface area contributed by atoms with Crippen LogP contribution in [-0.2, 0) is 0 Å². The fourth-order valence-electron chi connectivity index (χ4n) is 2.93. The first kappa shape index (κ1) is 15.0. The van der Waals surface area contributed by atoms with E-state index < -0.39 is 0 Å². The second kappa shape index (κ2) is 6.92. The summed E-state index contributed by atoms with van der Waals surface area (Å²) in [5.74, 6) is 0.0628. The zero-order valence-electron chi connectivity index (χ0n) is 12.6. The van der Waals surface area contributed by atoms with E-state index >= 15 is 0 Å². The Labute approximate surface area is 135 Å². The highest BCUT2D eigenvalue weighted by molar-refractivity contribution is 7.98. The second-order valence-electron chi connectivity index (χ2n) is 5.32. The number of nitrogens with zero attached hydrogens (tertiary/aromatic N) is 3. The van der Waals surface area contributed by atoms with Gasteiger partial charge in [-0.05, 0) is 49.8 Å². The molecule has 0 bridgehead atoms. The number of likely N-dealkylation sites (tertiary alicyclic amines) is 1. The van der Waals surface area contributed by atoms with Crippen LogP contribution in [0.2, 0.25) is 0 Å². The third kappa shape index (κ3) is 2.99. The molecular weight excluding hydrogens is 294 g/mol. The number of aromatic nitrogens is 2. The monoisotopic (exact) mass is 313 g/mol. The van der Waals surface area contributed by atoms with Gasteiger partial charge in [0.05, 0.1) is 17.3 Å². The van der Waals surface area contributed by atoms with Crippen molar-refractivity contribution in [1.82, 2.24) is 14.9 Å². The molecule has 1 aliphatic rings. The average Bonchev–Trinajstić information content (AvgIpc) is 2.62. The van der Waals surface area contributed by atoms with Gasteiger partial charge in [0.15, 0.2) is 0 Å². The van der Waals surface area contributed by atoms with Crippen molar-refractivity contribution < 1.29 is 4.79 Å². The van der Waals surface area contributed by atoms with Crippen molar-refractivity contribution in [3.63, 3.8) is 0 Å². The van der Waals surface area contributed by atoms with Gasteiger partial charge in [0.1, 0.15) is 5.03 Å². The number of amides is 1. The molecule has 1 fully saturated rings. The van der Waals surface area contributed by atoms with Crippen molar-refractivity contribution in [1.29, 1.82) is 0 Å². The molecule has 5 heteroatoms. The molecule has 3 rings (SSSR count). The molecule has 1 atom stereocenters. The predicted octanol–water partition coefficient (Wildman–Crippen LogP) is 3.57. The lowest BCUT2D eigenvalue weighted by atomic mass is 9.98. The normalized spacial score (nSPS) is 18.2. The first-order chi connectivity index (χ1) is 10.8. The van der Waals surface area contributed by atoms with Gasteiger partial charge in [-0.15, -0.1) is 11.8 Å². The Balaban J connectivity index is 1.92. The van der Waals surface area contributed by atoms with Gasteiger partial charge in [-0.1, -0.05) is 6.07 Å². The molecule has 0 aromatic carbocycles. The van der Waals surface area contributed by atoms with Gasteiger partial charge in [-0.2, -0.15) is 0 Å². The van der Waals surface area contributed by atoms with Crippen molar-refractivity contribution in [2.24, 2.45) is 0 Å². The molecule has 0 saturated carbocycles. The van der Waals surface area contributed by atoms with E-state index in [4.69, 9.17) is 0 Å². The number of hydrogen-bond donors (Lipinski definition) is 0. The van der Waals surface area contributed by atoms with E-state index in [0.717, 1.165) is 36.5 Å². The molecule has 0 spiro atoms. The Bertz CT molecular complexity index is 647. The Morgan fingerprint density at radius 2 is 2.05 bits per heavy atom. The van der Waals surface area contributed by atoms with Crippen LogP contribution in [0.4, 0.5) is 0 Å². The second-order valence-corrected chi connectivity index (χ2v) is 6.12. The lowest BCUT2D eigenvalue weighted by molar-refractivity contribution is 0.0601. The highest BCUT2D eigenvalue weighted by Crippen LogP contribution is 2.32. The minimum atomic E-state index is 0.0628. The number of piperidine rings is 1. The molecular formula is C17H19N3OS. The topological polar surface area (TPSA) is 46.1 Å². The first-order valence-corrected chi connectivity index (χ1v) is 8.74. The quantitative estimate of drug-likeness (QED) is 0.813. The Hall–Kier alpha value is -1.88. The summed E-state index contributed by atoms with van der Waals surface area (Å²) in [7, 11) is 0. The van der Waals surface area contributed by atoms with Crippen LogP contribution in [0.3, 0.4) is 0 Å². The molecule has 0 radical (unpaired) electrons. The van der Waals surface area contributed by atoms with Crippen LogP contribution >= 0.6 is 11.8 Å². The van der Waals surface area contributed by atoms with Gasteiger partial charge in [-0.25, -0.2) is 4.98 Å². The van der Waals surface area contributed by atoms with Gasteiger partial charge in [-0.3, -0.25) is 9.78 Å². The zero-order chi connectivity index (χ0) is 15.4. The lowest BCUT2D eigenvalue weighted by Crippen LogP contribution is -2.39. The van der Waals surface area contributed by atoms with Crippen LogP contribution in [0.25, 0.3) is 0 Å². The van der Waals surface area contributed by atoms with Gasteiger partial charge in [0.25, 0.3) is 5.91 Å². The average molecular weight is 313 g/mol. The maximum Gasteiger partial charge on any atom is 0.257 e. The van der Waals surface area contributed by atoms with Crippen molar-refractivity contribution in [2.75, 3.05) is 12.8 Å². The van der Waals surface area contributed by atoms with Gasteiger partial charge >= 0.3 is 0 Å². The molecule has 1 saturated heterocycles. The predicted molar refractivity (Wildman–Crippen MR) is 87.9 cm³/mol. The summed E-state index contributed by atoms with van der Waals surface area (Å²) in [5, 5.41) is 0.790. The third-order valence-electron chi connectivity index (χ3n) is 3.99. The van der Waals surface area contributed by atoms with Crippen molar-refractivity contribution in [3.05, 3.63) is 54.0 Å². The number of carbonyl (C=O) groups is 1. The van der Waals surface area contributed by atoms with Crippen LogP contribution in [0.1, 0.15) is 41.4 Å². The van der Waals surface area contributed by atoms with E-state index in [-0.39, 0.29) is 11.9 Å². The fourth-order valence-corrected chi connectivity index (χ4v) is 3.47. The number of pyridine rings is 2. The molecule has 22 heavy (non-hydrogen) atoms. The number of hydrogen-bond acceptors (Lipinski definition) is 4. The Morgan fingerprint density at radius 1 is 1.18 bits per heavy atom. The van der Waals surface area contributed by atoms with E-state index in [1.807, 2.05) is 41.5 Å². The number of carbonyl (C=O) groups excluding carboxylic acids is 1. The van der Waals surface area contributed by atoms with Crippen LogP contribution in [0.15, 0.2) is 47.8 Å². The summed E-state index contributed by atoms with van der Waals surface area (Å²) in [6.07, 6.45) is 8.62. The minimum Gasteiger partial charge on any atom is -0.330 e. The van der Waals surface area contributed by atoms with Crippen molar-refractivity contribution in [3.8, 4) is 0 Å². The molecule has 2 aromatic rings. The van der Waals surface area contributed by atoms with Crippen molar-refractivity contribution in [2.45, 2.75) is 30.3 Å². The van der Waals surface area contributed by atoms with Gasteiger partial charge in [0.2, 0.25) is 0 Å². The van der Waals surface area contributed by atoms with E-state index in [0.29, 0.717) is 5.56 Å². The van der Waals surface area contributed by atoms with Gasteiger partial charge in [0, 0.05) is 18.9 Å². The molecule has 1 amide bonds. The summed E-state index contributed by atoms with van der Waals surface area (Å²) < 4.78 is 0. The SMILES string of the molecule is CSc1ncccc1C(=O)N1CCCC[C@H]1c1ccccn1. The van der Waals surface area contributed by atoms with Crippen molar-refractivity contribution >= 4 is 17.7 Å². The van der Waals surface area contributed by atoms with Gasteiger partial charge < -0.3 is 4.90 Å². The maximum atomic E-state index is 13.0. The molecule has 114 valence electrons. The maximum absolute atomic E-state index is 13.0. The van der Waals surface area contributed by atoms with E-state index in [1.165, 1.54) is 11.8 Å². The van der Waals surface area contributed by atoms with Crippen LogP contribution in [0, 0.1) is 0 Å². The molecule has 0 N–H and O–H groups in total. The minimum absolute atomic E-state index is 0.0628. The molecule has 1 aliphatic heterocycles. The van der Waals surface area contributed by atoms with E-state index in [2.05, 4.69) is 9.97 Å². The van der Waals surface area contributed by atoms with E-state index in [1.54, 1.807) is 12.4 Å². The molecule has 0 unspecified atom stereocenters. The molecule has 0 aliphatic carbocycles. The summed E-state index contributed by atoms with van der Waals surface area (Å²) in [6.45, 7) is 0.781. The standard InChI is InChI=1S/C17H19N3OS/c1-22-16-13(7-6-11-19-16)17(21)20-12-5-3-9-15(20)14-8-2-4-10-18-14/h2,4,6-8,10-11,15H,3,5,9,12H2,1H3/t15-/m0/s1. The molecule has 2 aromatic heterocycles. The smallest absolute Gasteiger partial charge is 0.257 e. The Morgan fingerprint density at radius 3 is 2.82 bits per heavy atom. The zero-order valence-corrected chi connectivity index (χ0v) is 13.4. The fraction of sp³-hybridized carbons (Fsp3) is 0.353. The third-order valence-corrected chi connectivity index (χ3v) is 4.70. The molecule has 3 heterocycles. The summed E-state index contributed by atoms with van der Waals surface area (Å²) in [6, 6.07) is 9.66. The summed E-state index contributed by atoms with van der Waals surface area (Å²) in [4.78, 5) is 23.7. The summed E-state index contributed by atoms with van der Waals surface area (Å²) >= 11 is 1.51. The van der Waals surface area contributed by atoms with Crippen LogP contribution in [-0.4, -0.2) is 33.6 Å². The van der Waals surface area contributed by atoms with E-state index in [9.17, 15) is 4.79 Å². The lowest BCUT2D eigenvalue weighted by Gasteiger charge is -2.35. The Kier molecular flexibility index (Phi) is 4.73.